The quantitative estimate of drug-likeness (QED) is 0.723. The van der Waals surface area contributed by atoms with Crippen molar-refractivity contribution in [1.29, 1.82) is 0 Å². The van der Waals surface area contributed by atoms with Crippen LogP contribution in [0.1, 0.15) is 18.1 Å². The van der Waals surface area contributed by atoms with Gasteiger partial charge in [0.2, 0.25) is 0 Å². The topological polar surface area (TPSA) is 56.3 Å². The molecule has 1 N–H and O–H groups in total. The molecule has 0 atom stereocenters. The van der Waals surface area contributed by atoms with Gasteiger partial charge in [0.25, 0.3) is 0 Å². The summed E-state index contributed by atoms with van der Waals surface area (Å²) < 4.78 is 10.9. The third-order valence-electron chi connectivity index (χ3n) is 3.72. The minimum Gasteiger partial charge on any atom is -0.493 e. The lowest BCUT2D eigenvalue weighted by atomic mass is 10.1. The van der Waals surface area contributed by atoms with E-state index in [1.807, 2.05) is 31.2 Å². The van der Waals surface area contributed by atoms with Gasteiger partial charge in [0.05, 0.1) is 24.8 Å². The Morgan fingerprint density at radius 2 is 1.58 bits per heavy atom. The Morgan fingerprint density at radius 3 is 2.33 bits per heavy atom. The summed E-state index contributed by atoms with van der Waals surface area (Å²) >= 11 is 0. The molecular weight excluding hydrogens is 302 g/mol. The first-order valence-corrected chi connectivity index (χ1v) is 8.00. The number of methoxy groups -OCH3 is 1. The van der Waals surface area contributed by atoms with Crippen LogP contribution in [-0.4, -0.2) is 23.7 Å². The van der Waals surface area contributed by atoms with Gasteiger partial charge in [-0.2, -0.15) is 0 Å². The highest BCUT2D eigenvalue weighted by Crippen LogP contribution is 2.28. The SMILES string of the molecule is CCOc1ccc(CNCc2ccc3nccnc3c2)cc1OC. The fraction of sp³-hybridized carbons (Fsp3) is 0.263. The zero-order valence-electron chi connectivity index (χ0n) is 14.0. The number of aromatic nitrogens is 2. The van der Waals surface area contributed by atoms with Crippen LogP contribution in [0.25, 0.3) is 11.0 Å². The maximum atomic E-state index is 5.54. The molecule has 24 heavy (non-hydrogen) atoms. The van der Waals surface area contributed by atoms with Gasteiger partial charge in [-0.05, 0) is 42.3 Å². The summed E-state index contributed by atoms with van der Waals surface area (Å²) in [5, 5.41) is 3.44. The van der Waals surface area contributed by atoms with Crippen LogP contribution in [0.4, 0.5) is 0 Å². The first-order valence-electron chi connectivity index (χ1n) is 8.00. The van der Waals surface area contributed by atoms with Gasteiger partial charge in [0, 0.05) is 25.5 Å². The third kappa shape index (κ3) is 3.81. The summed E-state index contributed by atoms with van der Waals surface area (Å²) in [7, 11) is 1.66. The predicted octanol–water partition coefficient (Wildman–Crippen LogP) is 3.33. The van der Waals surface area contributed by atoms with Crippen molar-refractivity contribution in [1.82, 2.24) is 15.3 Å². The van der Waals surface area contributed by atoms with Crippen LogP contribution in [0.2, 0.25) is 0 Å². The summed E-state index contributed by atoms with van der Waals surface area (Å²) in [4.78, 5) is 8.62. The van der Waals surface area contributed by atoms with E-state index >= 15 is 0 Å². The van der Waals surface area contributed by atoms with Crippen LogP contribution in [-0.2, 0) is 13.1 Å². The van der Waals surface area contributed by atoms with E-state index in [0.29, 0.717) is 6.61 Å². The van der Waals surface area contributed by atoms with Crippen LogP contribution < -0.4 is 14.8 Å². The van der Waals surface area contributed by atoms with E-state index < -0.39 is 0 Å². The van der Waals surface area contributed by atoms with Crippen LogP contribution in [0.3, 0.4) is 0 Å². The summed E-state index contributed by atoms with van der Waals surface area (Å²) in [5.41, 5.74) is 4.16. The third-order valence-corrected chi connectivity index (χ3v) is 3.72. The molecule has 0 bridgehead atoms. The molecular formula is C19H21N3O2. The summed E-state index contributed by atoms with van der Waals surface area (Å²) in [5.74, 6) is 1.54. The van der Waals surface area contributed by atoms with E-state index in [1.165, 1.54) is 5.56 Å². The summed E-state index contributed by atoms with van der Waals surface area (Å²) in [6.45, 7) is 4.10. The van der Waals surface area contributed by atoms with Crippen LogP contribution in [0.5, 0.6) is 11.5 Å². The predicted molar refractivity (Wildman–Crippen MR) is 94.2 cm³/mol. The molecule has 0 amide bonds. The van der Waals surface area contributed by atoms with Gasteiger partial charge in [0.15, 0.2) is 11.5 Å². The van der Waals surface area contributed by atoms with Gasteiger partial charge in [-0.3, -0.25) is 9.97 Å². The molecule has 5 nitrogen and oxygen atoms in total. The van der Waals surface area contributed by atoms with Crippen molar-refractivity contribution in [2.45, 2.75) is 20.0 Å². The molecule has 1 heterocycles. The monoisotopic (exact) mass is 323 g/mol. The first kappa shape index (κ1) is 16.2. The number of hydrogen-bond acceptors (Lipinski definition) is 5. The van der Waals surface area contributed by atoms with Crippen molar-refractivity contribution in [2.75, 3.05) is 13.7 Å². The van der Waals surface area contributed by atoms with E-state index in [2.05, 4.69) is 27.4 Å². The Kier molecular flexibility index (Phi) is 5.23. The fourth-order valence-electron chi connectivity index (χ4n) is 2.57. The molecule has 3 aromatic rings. The number of hydrogen-bond donors (Lipinski definition) is 1. The Labute approximate surface area is 141 Å². The molecule has 1 aromatic heterocycles. The lowest BCUT2D eigenvalue weighted by Crippen LogP contribution is -2.12. The maximum Gasteiger partial charge on any atom is 0.161 e. The second kappa shape index (κ2) is 7.75. The molecule has 0 radical (unpaired) electrons. The zero-order valence-corrected chi connectivity index (χ0v) is 14.0. The minimum absolute atomic E-state index is 0.624. The summed E-state index contributed by atoms with van der Waals surface area (Å²) in [6, 6.07) is 12.1. The number of ether oxygens (including phenoxy) is 2. The first-order chi connectivity index (χ1) is 11.8. The highest BCUT2D eigenvalue weighted by atomic mass is 16.5. The summed E-state index contributed by atoms with van der Waals surface area (Å²) in [6.07, 6.45) is 3.42. The number of rotatable bonds is 7. The van der Waals surface area contributed by atoms with E-state index in [1.54, 1.807) is 19.5 Å². The van der Waals surface area contributed by atoms with Crippen molar-refractivity contribution in [3.63, 3.8) is 0 Å². The van der Waals surface area contributed by atoms with Crippen molar-refractivity contribution in [3.8, 4) is 11.5 Å². The van der Waals surface area contributed by atoms with E-state index in [-0.39, 0.29) is 0 Å². The Balaban J connectivity index is 1.62. The van der Waals surface area contributed by atoms with Crippen LogP contribution in [0.15, 0.2) is 48.8 Å². The average Bonchev–Trinajstić information content (AvgIpc) is 2.63. The van der Waals surface area contributed by atoms with Crippen molar-refractivity contribution >= 4 is 11.0 Å². The second-order valence-corrected chi connectivity index (χ2v) is 5.40. The fourth-order valence-corrected chi connectivity index (χ4v) is 2.57. The smallest absolute Gasteiger partial charge is 0.161 e. The average molecular weight is 323 g/mol. The molecule has 0 saturated carbocycles. The Morgan fingerprint density at radius 1 is 0.875 bits per heavy atom. The molecule has 0 saturated heterocycles. The lowest BCUT2D eigenvalue weighted by Gasteiger charge is -2.11. The molecule has 124 valence electrons. The molecule has 2 aromatic carbocycles. The molecule has 0 aliphatic heterocycles. The number of nitrogens with one attached hydrogen (secondary N) is 1. The van der Waals surface area contributed by atoms with E-state index in [4.69, 9.17) is 9.47 Å². The van der Waals surface area contributed by atoms with Gasteiger partial charge >= 0.3 is 0 Å². The van der Waals surface area contributed by atoms with Crippen LogP contribution >= 0.6 is 0 Å². The highest BCUT2D eigenvalue weighted by molar-refractivity contribution is 5.74. The molecule has 0 aliphatic carbocycles. The number of nitrogens with zero attached hydrogens (tertiary/aromatic N) is 2. The van der Waals surface area contributed by atoms with Gasteiger partial charge in [-0.25, -0.2) is 0 Å². The van der Waals surface area contributed by atoms with Gasteiger partial charge < -0.3 is 14.8 Å². The van der Waals surface area contributed by atoms with Crippen molar-refractivity contribution in [2.24, 2.45) is 0 Å². The Bertz CT molecular complexity index is 821. The molecule has 0 unspecified atom stereocenters. The van der Waals surface area contributed by atoms with Crippen LogP contribution in [0, 0.1) is 0 Å². The number of benzene rings is 2. The Hall–Kier alpha value is -2.66. The van der Waals surface area contributed by atoms with Crippen molar-refractivity contribution in [3.05, 3.63) is 59.9 Å². The zero-order chi connectivity index (χ0) is 16.8. The van der Waals surface area contributed by atoms with Gasteiger partial charge in [-0.1, -0.05) is 12.1 Å². The van der Waals surface area contributed by atoms with E-state index in [9.17, 15) is 0 Å². The lowest BCUT2D eigenvalue weighted by molar-refractivity contribution is 0.310. The van der Waals surface area contributed by atoms with Crippen molar-refractivity contribution < 1.29 is 9.47 Å². The molecule has 0 spiro atoms. The standard InChI is InChI=1S/C19H21N3O2/c1-3-24-18-7-5-15(11-19(18)23-2)13-20-12-14-4-6-16-17(10-14)22-9-8-21-16/h4-11,20H,3,12-13H2,1-2H3. The number of fused-ring (bicyclic) bond motifs is 1. The minimum atomic E-state index is 0.624. The van der Waals surface area contributed by atoms with E-state index in [0.717, 1.165) is 41.2 Å². The van der Waals surface area contributed by atoms with Gasteiger partial charge in [0.1, 0.15) is 0 Å². The molecule has 3 rings (SSSR count). The normalized spacial score (nSPS) is 10.8. The van der Waals surface area contributed by atoms with Gasteiger partial charge in [-0.15, -0.1) is 0 Å². The molecule has 0 aliphatic rings. The molecule has 0 fully saturated rings. The highest BCUT2D eigenvalue weighted by Gasteiger charge is 2.05. The maximum absolute atomic E-state index is 5.54. The second-order valence-electron chi connectivity index (χ2n) is 5.40. The molecule has 5 heteroatoms. The largest absolute Gasteiger partial charge is 0.493 e.